The third-order valence-electron chi connectivity index (χ3n) is 13.7. The molecule has 4 aromatic heterocycles. The average Bonchev–Trinajstić information content (AvgIpc) is 3.86. The minimum absolute atomic E-state index is 0.700. The second-order valence-corrected chi connectivity index (χ2v) is 17.2. The number of aromatic nitrogens is 4. The van der Waals surface area contributed by atoms with Gasteiger partial charge in [-0.2, -0.15) is 0 Å². The molecule has 0 unspecified atom stereocenters. The van der Waals surface area contributed by atoms with Crippen LogP contribution in [0, 0.1) is 0 Å². The molecule has 4 heterocycles. The molecule has 0 saturated carbocycles. The molecule has 0 spiro atoms. The fourth-order valence-corrected chi connectivity index (χ4v) is 10.8. The molecule has 0 saturated heterocycles. The predicted octanol–water partition coefficient (Wildman–Crippen LogP) is 15.0. The van der Waals surface area contributed by atoms with Crippen molar-refractivity contribution in [1.29, 1.82) is 0 Å². The van der Waals surface area contributed by atoms with Crippen LogP contribution in [0.1, 0.15) is 0 Å². The average molecular weight is 845 g/mol. The van der Waals surface area contributed by atoms with Gasteiger partial charge in [0.15, 0.2) is 11.3 Å². The van der Waals surface area contributed by atoms with E-state index in [1.54, 1.807) is 14.2 Å². The number of hydrogen-bond donors (Lipinski definition) is 0. The van der Waals surface area contributed by atoms with Crippen LogP contribution in [0.15, 0.2) is 182 Å². The normalized spacial score (nSPS) is 12.1. The maximum absolute atomic E-state index is 5.79. The Bertz CT molecular complexity index is 3810. The first-order valence-corrected chi connectivity index (χ1v) is 22.2. The predicted molar refractivity (Wildman–Crippen MR) is 269 cm³/mol. The van der Waals surface area contributed by atoms with Crippen molar-refractivity contribution in [2.45, 2.75) is 0 Å². The fourth-order valence-electron chi connectivity index (χ4n) is 10.8. The zero-order chi connectivity index (χ0) is 43.6. The molecule has 0 N–H and O–H groups in total. The van der Waals surface area contributed by atoms with Crippen molar-refractivity contribution in [2.75, 3.05) is 14.2 Å². The van der Waals surface area contributed by atoms with E-state index in [-0.39, 0.29) is 0 Å². The number of fused-ring (bicyclic) bond motifs is 9. The van der Waals surface area contributed by atoms with Crippen molar-refractivity contribution < 1.29 is 9.47 Å². The summed E-state index contributed by atoms with van der Waals surface area (Å²) in [5.41, 5.74) is 18.1. The molecule has 6 nitrogen and oxygen atoms in total. The van der Waals surface area contributed by atoms with Gasteiger partial charge in [-0.25, -0.2) is 19.9 Å². The smallest absolute Gasteiger partial charge is 0.160 e. The summed E-state index contributed by atoms with van der Waals surface area (Å²) in [6.45, 7) is 0. The number of ether oxygens (including phenoxy) is 2. The minimum Gasteiger partial charge on any atom is -0.496 e. The van der Waals surface area contributed by atoms with Gasteiger partial charge in [0.2, 0.25) is 0 Å². The number of benzene rings is 8. The molecule has 308 valence electrons. The van der Waals surface area contributed by atoms with Gasteiger partial charge >= 0.3 is 0 Å². The van der Waals surface area contributed by atoms with Gasteiger partial charge < -0.3 is 9.47 Å². The lowest BCUT2D eigenvalue weighted by molar-refractivity contribution is 0.420. The van der Waals surface area contributed by atoms with Crippen LogP contribution < -0.4 is 9.47 Å². The molecule has 2 aliphatic rings. The Labute approximate surface area is 379 Å². The van der Waals surface area contributed by atoms with Crippen LogP contribution in [0.25, 0.3) is 144 Å². The lowest BCUT2D eigenvalue weighted by Gasteiger charge is -2.17. The third kappa shape index (κ3) is 5.18. The summed E-state index contributed by atoms with van der Waals surface area (Å²) in [6, 6.07) is 64.4. The van der Waals surface area contributed by atoms with Crippen LogP contribution in [0.3, 0.4) is 0 Å². The van der Waals surface area contributed by atoms with E-state index in [2.05, 4.69) is 182 Å². The van der Waals surface area contributed by atoms with Crippen LogP contribution in [-0.2, 0) is 0 Å². The molecule has 0 amide bonds. The molecule has 8 aromatic carbocycles. The second-order valence-electron chi connectivity index (χ2n) is 17.2. The largest absolute Gasteiger partial charge is 0.496 e. The summed E-state index contributed by atoms with van der Waals surface area (Å²) < 4.78 is 11.6. The molecule has 0 atom stereocenters. The van der Waals surface area contributed by atoms with Crippen molar-refractivity contribution >= 4 is 54.4 Å². The first kappa shape index (κ1) is 36.7. The van der Waals surface area contributed by atoms with Gasteiger partial charge in [-0.1, -0.05) is 133 Å². The van der Waals surface area contributed by atoms with E-state index in [4.69, 9.17) is 29.4 Å². The van der Waals surface area contributed by atoms with Crippen LogP contribution in [0.2, 0.25) is 0 Å². The second kappa shape index (κ2) is 13.9. The van der Waals surface area contributed by atoms with Gasteiger partial charge in [0.1, 0.15) is 11.5 Å². The highest BCUT2D eigenvalue weighted by Gasteiger charge is 2.28. The van der Waals surface area contributed by atoms with Crippen LogP contribution in [0.5, 0.6) is 11.5 Å². The molecular formula is C60H36N4O2. The molecule has 12 aromatic rings. The molecule has 2 aliphatic carbocycles. The first-order valence-electron chi connectivity index (χ1n) is 22.2. The highest BCUT2D eigenvalue weighted by Crippen LogP contribution is 2.52. The number of methoxy groups -OCH3 is 2. The highest BCUT2D eigenvalue weighted by molar-refractivity contribution is 6.19. The summed E-state index contributed by atoms with van der Waals surface area (Å²) in [5.74, 6) is 1.71. The SMILES string of the molecule is COc1ccc2c3c(cccc13)-c1nc3nc(-c4ccc(-c5nc6nc7c(cc6cc5-c5ccccc5)-c5ccc(OC)c6cccc-7c56)c5ccccc45)c(-c4ccccc4)cc3cc1-2. The number of rotatable bonds is 6. The van der Waals surface area contributed by atoms with Crippen LogP contribution in [0.4, 0.5) is 0 Å². The Morgan fingerprint density at radius 1 is 0.288 bits per heavy atom. The number of hydrogen-bond acceptors (Lipinski definition) is 6. The van der Waals surface area contributed by atoms with Gasteiger partial charge in [-0.05, 0) is 81.6 Å². The minimum atomic E-state index is 0.700. The molecule has 0 bridgehead atoms. The monoisotopic (exact) mass is 844 g/mol. The van der Waals surface area contributed by atoms with E-state index >= 15 is 0 Å². The quantitative estimate of drug-likeness (QED) is 0.166. The molecule has 14 rings (SSSR count). The van der Waals surface area contributed by atoms with Crippen molar-refractivity contribution in [3.05, 3.63) is 182 Å². The summed E-state index contributed by atoms with van der Waals surface area (Å²) >= 11 is 0. The molecule has 0 aliphatic heterocycles. The van der Waals surface area contributed by atoms with E-state index in [1.165, 1.54) is 10.8 Å². The molecule has 6 heteroatoms. The molecule has 0 radical (unpaired) electrons. The lowest BCUT2D eigenvalue weighted by atomic mass is 9.90. The van der Waals surface area contributed by atoms with Gasteiger partial charge in [-0.15, -0.1) is 0 Å². The van der Waals surface area contributed by atoms with E-state index < -0.39 is 0 Å². The topological polar surface area (TPSA) is 70.0 Å². The summed E-state index contributed by atoms with van der Waals surface area (Å²) in [6.07, 6.45) is 0. The maximum Gasteiger partial charge on any atom is 0.160 e. The fraction of sp³-hybridized carbons (Fsp3) is 0.0333. The van der Waals surface area contributed by atoms with Crippen molar-refractivity contribution in [1.82, 2.24) is 19.9 Å². The maximum atomic E-state index is 5.79. The summed E-state index contributed by atoms with van der Waals surface area (Å²) in [4.78, 5) is 21.8. The third-order valence-corrected chi connectivity index (χ3v) is 13.7. The Morgan fingerprint density at radius 2 is 0.652 bits per heavy atom. The van der Waals surface area contributed by atoms with Gasteiger partial charge in [0.05, 0.1) is 37.0 Å². The molecule has 0 fully saturated rings. The van der Waals surface area contributed by atoms with Crippen LogP contribution >= 0.6 is 0 Å². The Kier molecular flexibility index (Phi) is 7.72. The first-order chi connectivity index (χ1) is 32.6. The van der Waals surface area contributed by atoms with Crippen molar-refractivity contribution in [3.63, 3.8) is 0 Å². The van der Waals surface area contributed by atoms with Gasteiger partial charge in [-0.3, -0.25) is 0 Å². The van der Waals surface area contributed by atoms with Crippen molar-refractivity contribution in [3.8, 4) is 101 Å². The molecule has 66 heavy (non-hydrogen) atoms. The number of nitrogens with zero attached hydrogens (tertiary/aromatic N) is 4. The standard InChI is InChI=1S/C60H36N4O2/c1-65-51-27-25-39-49-31-35-29-47(33-13-5-3-6-14-33)55(61-59(35)63-57(49)45-21-11-19-43(51)53(39)45)41-23-24-42(38-18-10-9-17-37(38)41)56-48(34-15-7-4-8-16-34)30-36-32-50-40-26-28-52(66-2)44-20-12-22-46(54(40)44)58(50)64-60(36)62-56/h3-32H,1-2H3. The highest BCUT2D eigenvalue weighted by atomic mass is 16.5. The van der Waals surface area contributed by atoms with E-state index in [0.29, 0.717) is 11.3 Å². The number of pyridine rings is 4. The Balaban J connectivity index is 0.988. The Morgan fingerprint density at radius 3 is 1.08 bits per heavy atom. The van der Waals surface area contributed by atoms with E-state index in [0.717, 1.165) is 133 Å². The Hall–Kier alpha value is -8.74. The zero-order valence-corrected chi connectivity index (χ0v) is 35.9. The van der Waals surface area contributed by atoms with Crippen molar-refractivity contribution in [2.24, 2.45) is 0 Å². The summed E-state index contributed by atoms with van der Waals surface area (Å²) in [5, 5.41) is 8.62. The molecular weight excluding hydrogens is 809 g/mol. The van der Waals surface area contributed by atoms with Gasteiger partial charge in [0, 0.05) is 76.8 Å². The van der Waals surface area contributed by atoms with Crippen LogP contribution in [-0.4, -0.2) is 34.2 Å². The van der Waals surface area contributed by atoms with Gasteiger partial charge in [0.25, 0.3) is 0 Å². The van der Waals surface area contributed by atoms with E-state index in [1.807, 2.05) is 0 Å². The lowest BCUT2D eigenvalue weighted by Crippen LogP contribution is -1.98. The summed E-state index contributed by atoms with van der Waals surface area (Å²) in [7, 11) is 3.46. The van der Waals surface area contributed by atoms with E-state index in [9.17, 15) is 0 Å². The zero-order valence-electron chi connectivity index (χ0n) is 35.9.